The highest BCUT2D eigenvalue weighted by Crippen LogP contribution is 2.12. The fraction of sp³-hybridized carbons (Fsp3) is 0.833. The minimum Gasteiger partial charge on any atom is -0.388 e. The van der Waals surface area contributed by atoms with Crippen molar-refractivity contribution >= 4 is 17.3 Å². The average Bonchev–Trinajstić information content (AvgIpc) is 2.13. The number of ether oxygens (including phenoxy) is 1. The molecule has 0 aromatic heterocycles. The summed E-state index contributed by atoms with van der Waals surface area (Å²) in [5, 5.41) is 27.8. The van der Waals surface area contributed by atoms with E-state index >= 15 is 0 Å². The maximum absolute atomic E-state index is 9.40. The first-order valence-corrected chi connectivity index (χ1v) is 4.40. The first-order valence-electron chi connectivity index (χ1n) is 3.99. The quantitative estimate of drug-likeness (QED) is 0.213. The van der Waals surface area contributed by atoms with Gasteiger partial charge in [-0.05, 0) is 12.2 Å². The summed E-state index contributed by atoms with van der Waals surface area (Å²) >= 11 is 4.51. The highest BCUT2D eigenvalue weighted by atomic mass is 32.1. The zero-order chi connectivity index (χ0) is 10.7. The van der Waals surface area contributed by atoms with Gasteiger partial charge in [0.1, 0.15) is 18.3 Å². The van der Waals surface area contributed by atoms with Gasteiger partial charge in [-0.1, -0.05) is 0 Å². The molecule has 4 atom stereocenters. The molecule has 0 aliphatic carbocycles. The predicted molar refractivity (Wildman–Crippen MR) is 50.8 cm³/mol. The number of aliphatic hydroxyl groups excluding tert-OH is 3. The van der Waals surface area contributed by atoms with Gasteiger partial charge in [0.25, 0.3) is 0 Å². The molecule has 7 nitrogen and oxygen atoms in total. The molecule has 1 unspecified atom stereocenters. The Morgan fingerprint density at radius 1 is 1.36 bits per heavy atom. The van der Waals surface area contributed by atoms with Crippen molar-refractivity contribution in [3.8, 4) is 0 Å². The van der Waals surface area contributed by atoms with Crippen molar-refractivity contribution in [3.05, 3.63) is 0 Å². The van der Waals surface area contributed by atoms with Gasteiger partial charge in [-0.25, -0.2) is 5.43 Å². The van der Waals surface area contributed by atoms with Gasteiger partial charge in [-0.15, -0.1) is 0 Å². The number of hydrazine groups is 1. The lowest BCUT2D eigenvalue weighted by Crippen LogP contribution is -2.61. The normalized spacial score (nSPS) is 37.9. The summed E-state index contributed by atoms with van der Waals surface area (Å²) in [6.45, 7) is -0.0745. The van der Waals surface area contributed by atoms with E-state index in [1.165, 1.54) is 0 Å². The number of rotatable bonds is 2. The molecule has 1 aliphatic heterocycles. The van der Waals surface area contributed by atoms with Crippen molar-refractivity contribution < 1.29 is 20.1 Å². The van der Waals surface area contributed by atoms with Gasteiger partial charge in [-0.2, -0.15) is 0 Å². The molecule has 0 bridgehead atoms. The Labute approximate surface area is 85.8 Å². The van der Waals surface area contributed by atoms with Gasteiger partial charge in [0.05, 0.1) is 6.61 Å². The van der Waals surface area contributed by atoms with E-state index in [4.69, 9.17) is 15.6 Å². The van der Waals surface area contributed by atoms with Crippen LogP contribution in [-0.2, 0) is 4.74 Å². The molecule has 0 amide bonds. The van der Waals surface area contributed by atoms with Gasteiger partial charge in [-0.3, -0.25) is 5.43 Å². The Bertz CT molecular complexity index is 217. The van der Waals surface area contributed by atoms with Crippen molar-refractivity contribution in [2.24, 2.45) is 5.73 Å². The summed E-state index contributed by atoms with van der Waals surface area (Å²) < 4.78 is 4.97. The van der Waals surface area contributed by atoms with Gasteiger partial charge in [0, 0.05) is 0 Å². The van der Waals surface area contributed by atoms with Crippen molar-refractivity contribution in [1.82, 2.24) is 10.9 Å². The molecule has 14 heavy (non-hydrogen) atoms. The van der Waals surface area contributed by atoms with E-state index in [2.05, 4.69) is 23.1 Å². The number of aliphatic hydroxyl groups is 3. The maximum Gasteiger partial charge on any atom is 0.178 e. The van der Waals surface area contributed by atoms with Crippen LogP contribution in [0.2, 0.25) is 0 Å². The van der Waals surface area contributed by atoms with Gasteiger partial charge in [0.2, 0.25) is 0 Å². The van der Waals surface area contributed by atoms with Crippen LogP contribution in [0, 0.1) is 0 Å². The fourth-order valence-electron chi connectivity index (χ4n) is 1.08. The second-order valence-corrected chi connectivity index (χ2v) is 3.38. The molecule has 1 fully saturated rings. The first kappa shape index (κ1) is 11.6. The summed E-state index contributed by atoms with van der Waals surface area (Å²) in [6, 6.07) is 0. The third-order valence-electron chi connectivity index (χ3n) is 1.84. The smallest absolute Gasteiger partial charge is 0.178 e. The molecule has 7 N–H and O–H groups in total. The summed E-state index contributed by atoms with van der Waals surface area (Å²) in [5.74, 6) is 0. The van der Waals surface area contributed by atoms with Crippen LogP contribution in [0.4, 0.5) is 0 Å². The molecule has 1 saturated heterocycles. The van der Waals surface area contributed by atoms with E-state index in [1.807, 2.05) is 0 Å². The Balaban J connectivity index is 2.42. The summed E-state index contributed by atoms with van der Waals surface area (Å²) in [5.41, 5.74) is 9.95. The molecule has 0 saturated carbocycles. The molecule has 8 heteroatoms. The molecular weight excluding hydrogens is 210 g/mol. The third-order valence-corrected chi connectivity index (χ3v) is 1.94. The van der Waals surface area contributed by atoms with Crippen molar-refractivity contribution in [3.63, 3.8) is 0 Å². The second-order valence-electron chi connectivity index (χ2n) is 2.94. The van der Waals surface area contributed by atoms with Crippen LogP contribution < -0.4 is 16.6 Å². The lowest BCUT2D eigenvalue weighted by molar-refractivity contribution is -0.196. The average molecular weight is 223 g/mol. The fourth-order valence-corrected chi connectivity index (χ4v) is 1.13. The molecule has 0 spiro atoms. The van der Waals surface area contributed by atoms with Crippen LogP contribution in [-0.4, -0.2) is 51.6 Å². The maximum atomic E-state index is 9.40. The van der Waals surface area contributed by atoms with Crippen LogP contribution in [0.15, 0.2) is 0 Å². The molecule has 0 radical (unpaired) electrons. The van der Waals surface area contributed by atoms with Gasteiger partial charge in [0.15, 0.2) is 11.3 Å². The van der Waals surface area contributed by atoms with Gasteiger partial charge >= 0.3 is 0 Å². The van der Waals surface area contributed by atoms with E-state index < -0.39 is 24.5 Å². The lowest BCUT2D eigenvalue weighted by Gasteiger charge is -2.35. The third kappa shape index (κ3) is 2.74. The highest BCUT2D eigenvalue weighted by Gasteiger charge is 2.37. The molecule has 1 heterocycles. The number of nitrogens with two attached hydrogens (primary N) is 1. The Kier molecular flexibility index (Phi) is 3.98. The van der Waals surface area contributed by atoms with Crippen LogP contribution >= 0.6 is 12.2 Å². The van der Waals surface area contributed by atoms with E-state index in [-0.39, 0.29) is 11.7 Å². The Morgan fingerprint density at radius 2 is 2.00 bits per heavy atom. The minimum atomic E-state index is -1.26. The molecule has 0 aromatic carbocycles. The van der Waals surface area contributed by atoms with Crippen LogP contribution in [0.3, 0.4) is 0 Å². The number of thiocarbonyl (C=S) groups is 1. The highest BCUT2D eigenvalue weighted by molar-refractivity contribution is 7.80. The van der Waals surface area contributed by atoms with Crippen molar-refractivity contribution in [2.45, 2.75) is 24.5 Å². The van der Waals surface area contributed by atoms with Gasteiger partial charge < -0.3 is 25.8 Å². The van der Waals surface area contributed by atoms with Crippen LogP contribution in [0.5, 0.6) is 0 Å². The molecule has 1 rings (SSSR count). The standard InChI is InChI=1S/C6H13N3O4S/c7-6(14)9-8-5-4(12)3(11)2(10)1-13-5/h2-5,8,10-12H,1H2,(H3,7,9,14)/t2-,3-,4+,5?/m1/s1. The Morgan fingerprint density at radius 3 is 2.57 bits per heavy atom. The number of hydrogen-bond donors (Lipinski definition) is 6. The molecule has 0 aromatic rings. The number of hydrogen-bond acceptors (Lipinski definition) is 6. The van der Waals surface area contributed by atoms with Crippen LogP contribution in [0.25, 0.3) is 0 Å². The Hall–Kier alpha value is -0.510. The van der Waals surface area contributed by atoms with Crippen molar-refractivity contribution in [1.29, 1.82) is 0 Å². The lowest BCUT2D eigenvalue weighted by atomic mass is 10.1. The SMILES string of the molecule is NC(=S)NNC1OC[C@@H](O)[C@@H](O)[C@@H]1O. The largest absolute Gasteiger partial charge is 0.388 e. The van der Waals surface area contributed by atoms with Crippen LogP contribution in [0.1, 0.15) is 0 Å². The minimum absolute atomic E-state index is 0.0126. The van der Waals surface area contributed by atoms with E-state index in [9.17, 15) is 10.2 Å². The summed E-state index contributed by atoms with van der Waals surface area (Å²) in [7, 11) is 0. The van der Waals surface area contributed by atoms with E-state index in [0.717, 1.165) is 0 Å². The zero-order valence-electron chi connectivity index (χ0n) is 7.25. The monoisotopic (exact) mass is 223 g/mol. The summed E-state index contributed by atoms with van der Waals surface area (Å²) in [4.78, 5) is 0. The van der Waals surface area contributed by atoms with E-state index in [1.54, 1.807) is 0 Å². The topological polar surface area (TPSA) is 120 Å². The number of nitrogens with one attached hydrogen (secondary N) is 2. The molecular formula is C6H13N3O4S. The zero-order valence-corrected chi connectivity index (χ0v) is 8.07. The van der Waals surface area contributed by atoms with E-state index in [0.29, 0.717) is 0 Å². The van der Waals surface area contributed by atoms with Crippen molar-refractivity contribution in [2.75, 3.05) is 6.61 Å². The molecule has 1 aliphatic rings. The second kappa shape index (κ2) is 4.82. The first-order chi connectivity index (χ1) is 6.52. The molecule has 82 valence electrons. The predicted octanol–water partition coefficient (Wildman–Crippen LogP) is -3.24. The summed E-state index contributed by atoms with van der Waals surface area (Å²) in [6.07, 6.45) is -4.46.